The van der Waals surface area contributed by atoms with Crippen molar-refractivity contribution in [2.45, 2.75) is 31.3 Å². The van der Waals surface area contributed by atoms with Crippen LogP contribution in [0.5, 0.6) is 0 Å². The number of nitrogens with zero attached hydrogens (tertiary/aromatic N) is 2. The molecule has 1 amide bonds. The maximum atomic E-state index is 12.5. The first-order chi connectivity index (χ1) is 13.3. The van der Waals surface area contributed by atoms with Gasteiger partial charge in [0.2, 0.25) is 10.0 Å². The van der Waals surface area contributed by atoms with E-state index in [-0.39, 0.29) is 16.8 Å². The Balaban J connectivity index is 1.69. The fourth-order valence-corrected chi connectivity index (χ4v) is 3.95. The molecule has 3 aromatic rings. The van der Waals surface area contributed by atoms with Crippen molar-refractivity contribution in [2.24, 2.45) is 0 Å². The van der Waals surface area contributed by atoms with Gasteiger partial charge in [0.25, 0.3) is 5.91 Å². The van der Waals surface area contributed by atoms with Crippen LogP contribution in [0.2, 0.25) is 0 Å². The van der Waals surface area contributed by atoms with E-state index >= 15 is 0 Å². The topological polar surface area (TPSA) is 93.1 Å². The number of carbonyl (C=O) groups excluding carboxylic acids is 1. The Kier molecular flexibility index (Phi) is 5.91. The molecule has 0 unspecified atom stereocenters. The van der Waals surface area contributed by atoms with E-state index < -0.39 is 10.0 Å². The molecule has 0 radical (unpaired) electrons. The second kappa shape index (κ2) is 8.37. The molecule has 3 rings (SSSR count). The van der Waals surface area contributed by atoms with Crippen molar-refractivity contribution < 1.29 is 13.2 Å². The number of hydrogen-bond acceptors (Lipinski definition) is 4. The van der Waals surface area contributed by atoms with Crippen LogP contribution >= 0.6 is 0 Å². The molecule has 7 nitrogen and oxygen atoms in total. The monoisotopic (exact) mass is 398 g/mol. The Labute approximate surface area is 164 Å². The zero-order valence-corrected chi connectivity index (χ0v) is 16.5. The summed E-state index contributed by atoms with van der Waals surface area (Å²) in [6.07, 6.45) is 3.58. The quantitative estimate of drug-likeness (QED) is 0.640. The highest BCUT2D eigenvalue weighted by molar-refractivity contribution is 7.89. The number of nitrogens with one attached hydrogen (secondary N) is 2. The molecule has 8 heteroatoms. The van der Waals surface area contributed by atoms with E-state index in [2.05, 4.69) is 15.1 Å². The van der Waals surface area contributed by atoms with Gasteiger partial charge in [0, 0.05) is 29.7 Å². The zero-order chi connectivity index (χ0) is 20.1. The van der Waals surface area contributed by atoms with Gasteiger partial charge in [-0.15, -0.1) is 0 Å². The molecule has 0 atom stereocenters. The van der Waals surface area contributed by atoms with Gasteiger partial charge in [-0.25, -0.2) is 13.1 Å². The third-order valence-electron chi connectivity index (χ3n) is 3.91. The molecule has 1 heterocycles. The third-order valence-corrected chi connectivity index (χ3v) is 5.58. The van der Waals surface area contributed by atoms with Crippen LogP contribution in [0.1, 0.15) is 29.8 Å². The highest BCUT2D eigenvalue weighted by atomic mass is 32.2. The highest BCUT2D eigenvalue weighted by Gasteiger charge is 2.16. The summed E-state index contributed by atoms with van der Waals surface area (Å²) >= 11 is 0. The number of amides is 1. The molecule has 0 spiro atoms. The Hall–Kier alpha value is -2.97. The maximum absolute atomic E-state index is 12.5. The molecule has 1 aromatic heterocycles. The molecule has 0 aliphatic heterocycles. The van der Waals surface area contributed by atoms with E-state index in [9.17, 15) is 13.2 Å². The van der Waals surface area contributed by atoms with E-state index in [0.717, 1.165) is 5.56 Å². The van der Waals surface area contributed by atoms with Crippen LogP contribution in [-0.2, 0) is 16.6 Å². The molecule has 2 N–H and O–H groups in total. The number of rotatable bonds is 7. The van der Waals surface area contributed by atoms with Crippen molar-refractivity contribution in [3.63, 3.8) is 0 Å². The van der Waals surface area contributed by atoms with E-state index in [1.165, 1.54) is 24.3 Å². The summed E-state index contributed by atoms with van der Waals surface area (Å²) < 4.78 is 28.6. The molecule has 0 bridgehead atoms. The van der Waals surface area contributed by atoms with Crippen molar-refractivity contribution in [3.05, 3.63) is 78.1 Å². The molecule has 0 saturated heterocycles. The van der Waals surface area contributed by atoms with Gasteiger partial charge in [0.05, 0.1) is 11.4 Å². The molecular formula is C20H22N4O3S. The SMILES string of the molecule is CC(C)NS(=O)(=O)c1ccc(C(=O)Nc2cccc(Cn3cccn3)c2)cc1. The first-order valence-corrected chi connectivity index (χ1v) is 10.3. The minimum Gasteiger partial charge on any atom is -0.322 e. The molecule has 2 aromatic carbocycles. The smallest absolute Gasteiger partial charge is 0.255 e. The third kappa shape index (κ3) is 5.05. The Morgan fingerprint density at radius 1 is 1.11 bits per heavy atom. The second-order valence-corrected chi connectivity index (χ2v) is 8.37. The zero-order valence-electron chi connectivity index (χ0n) is 15.7. The molecule has 0 aliphatic carbocycles. The van der Waals surface area contributed by atoms with Crippen LogP contribution < -0.4 is 10.0 Å². The number of sulfonamides is 1. The fraction of sp³-hybridized carbons (Fsp3) is 0.200. The lowest BCUT2D eigenvalue weighted by Crippen LogP contribution is -2.30. The van der Waals surface area contributed by atoms with Gasteiger partial charge in [-0.05, 0) is 61.9 Å². The van der Waals surface area contributed by atoms with Crippen molar-refractivity contribution in [1.82, 2.24) is 14.5 Å². The Bertz CT molecular complexity index is 1040. The number of carbonyl (C=O) groups is 1. The lowest BCUT2D eigenvalue weighted by molar-refractivity contribution is 0.102. The molecule has 0 fully saturated rings. The Morgan fingerprint density at radius 3 is 2.50 bits per heavy atom. The van der Waals surface area contributed by atoms with Gasteiger partial charge in [-0.1, -0.05) is 12.1 Å². The first kappa shape index (κ1) is 19.8. The van der Waals surface area contributed by atoms with Crippen LogP contribution in [0.25, 0.3) is 0 Å². The van der Waals surface area contributed by atoms with Crippen LogP contribution in [0.15, 0.2) is 71.9 Å². The standard InChI is InChI=1S/C20H22N4O3S/c1-15(2)23-28(26,27)19-9-7-17(8-10-19)20(25)22-18-6-3-5-16(13-18)14-24-12-4-11-21-24/h3-13,15,23H,14H2,1-2H3,(H,22,25). The minimum atomic E-state index is -3.58. The second-order valence-electron chi connectivity index (χ2n) is 6.66. The summed E-state index contributed by atoms with van der Waals surface area (Å²) in [7, 11) is -3.58. The minimum absolute atomic E-state index is 0.124. The molecule has 28 heavy (non-hydrogen) atoms. The lowest BCUT2D eigenvalue weighted by atomic mass is 10.1. The molecule has 0 saturated carbocycles. The normalized spacial score (nSPS) is 11.5. The number of aromatic nitrogens is 2. The number of benzene rings is 2. The predicted octanol–water partition coefficient (Wildman–Crippen LogP) is 2.87. The summed E-state index contributed by atoms with van der Waals surface area (Å²) in [6, 6.07) is 15.0. The number of hydrogen-bond donors (Lipinski definition) is 2. The summed E-state index contributed by atoms with van der Waals surface area (Å²) in [6.45, 7) is 4.10. The molecule has 146 valence electrons. The van der Waals surface area contributed by atoms with Crippen molar-refractivity contribution in [3.8, 4) is 0 Å². The van der Waals surface area contributed by atoms with E-state index in [1.54, 1.807) is 30.8 Å². The largest absolute Gasteiger partial charge is 0.322 e. The van der Waals surface area contributed by atoms with Crippen molar-refractivity contribution >= 4 is 21.6 Å². The summed E-state index contributed by atoms with van der Waals surface area (Å²) in [5, 5.41) is 7.01. The summed E-state index contributed by atoms with van der Waals surface area (Å²) in [5.74, 6) is -0.308. The number of anilines is 1. The summed E-state index contributed by atoms with van der Waals surface area (Å²) in [5.41, 5.74) is 2.04. The average Bonchev–Trinajstić information content (AvgIpc) is 3.14. The maximum Gasteiger partial charge on any atom is 0.255 e. The van der Waals surface area contributed by atoms with Crippen LogP contribution in [0.3, 0.4) is 0 Å². The van der Waals surface area contributed by atoms with E-state index in [0.29, 0.717) is 17.8 Å². The van der Waals surface area contributed by atoms with Crippen LogP contribution in [0, 0.1) is 0 Å². The van der Waals surface area contributed by atoms with Gasteiger partial charge >= 0.3 is 0 Å². The first-order valence-electron chi connectivity index (χ1n) is 8.83. The van der Waals surface area contributed by atoms with Gasteiger partial charge in [-0.3, -0.25) is 9.48 Å². The molecule has 0 aliphatic rings. The average molecular weight is 398 g/mol. The van der Waals surface area contributed by atoms with Gasteiger partial charge in [0.1, 0.15) is 0 Å². The van der Waals surface area contributed by atoms with E-state index in [1.807, 2.05) is 30.5 Å². The van der Waals surface area contributed by atoms with Gasteiger partial charge in [0.15, 0.2) is 0 Å². The van der Waals surface area contributed by atoms with E-state index in [4.69, 9.17) is 0 Å². The van der Waals surface area contributed by atoms with Crippen molar-refractivity contribution in [2.75, 3.05) is 5.32 Å². The predicted molar refractivity (Wildman–Crippen MR) is 108 cm³/mol. The molecular weight excluding hydrogens is 376 g/mol. The van der Waals surface area contributed by atoms with Gasteiger partial charge < -0.3 is 5.32 Å². The van der Waals surface area contributed by atoms with Crippen LogP contribution in [0.4, 0.5) is 5.69 Å². The highest BCUT2D eigenvalue weighted by Crippen LogP contribution is 2.15. The van der Waals surface area contributed by atoms with Crippen LogP contribution in [-0.4, -0.2) is 30.1 Å². The van der Waals surface area contributed by atoms with Gasteiger partial charge in [-0.2, -0.15) is 5.10 Å². The van der Waals surface area contributed by atoms with Crippen molar-refractivity contribution in [1.29, 1.82) is 0 Å². The fourth-order valence-electron chi connectivity index (χ4n) is 2.70. The lowest BCUT2D eigenvalue weighted by Gasteiger charge is -2.11. The Morgan fingerprint density at radius 2 is 1.86 bits per heavy atom. The summed E-state index contributed by atoms with van der Waals surface area (Å²) in [4.78, 5) is 12.6.